The summed E-state index contributed by atoms with van der Waals surface area (Å²) in [5.41, 5.74) is 3.29. The number of aromatic nitrogens is 1. The van der Waals surface area contributed by atoms with Gasteiger partial charge in [0.1, 0.15) is 11.4 Å². The summed E-state index contributed by atoms with van der Waals surface area (Å²) in [6.07, 6.45) is 3.49. The van der Waals surface area contributed by atoms with Crippen LogP contribution in [-0.4, -0.2) is 68.2 Å². The van der Waals surface area contributed by atoms with Crippen molar-refractivity contribution in [1.29, 1.82) is 0 Å². The Labute approximate surface area is 201 Å². The van der Waals surface area contributed by atoms with Gasteiger partial charge in [-0.05, 0) is 45.5 Å². The van der Waals surface area contributed by atoms with Crippen LogP contribution in [0.15, 0.2) is 59.1 Å². The van der Waals surface area contributed by atoms with E-state index < -0.39 is 0 Å². The summed E-state index contributed by atoms with van der Waals surface area (Å²) in [6, 6.07) is 17.4. The van der Waals surface area contributed by atoms with E-state index in [0.717, 1.165) is 55.2 Å². The molecule has 180 valence electrons. The Bertz CT molecular complexity index is 1070. The standard InChI is InChI=1S/C27H34N4O3/c1-29(2)18-19-31(26(32)22-14-8-9-15-24(22)33-3)20-23-25(21-12-6-4-7-13-21)28-34-27(23)30-16-10-5-11-17-30/h4,6-9,12-15H,5,10-11,16-20H2,1-3H3. The van der Waals surface area contributed by atoms with Gasteiger partial charge in [0.05, 0.1) is 24.8 Å². The molecular weight excluding hydrogens is 428 g/mol. The molecule has 0 saturated carbocycles. The molecular formula is C27H34N4O3. The number of para-hydroxylation sites is 1. The maximum absolute atomic E-state index is 13.8. The van der Waals surface area contributed by atoms with Crippen LogP contribution in [0.1, 0.15) is 35.2 Å². The van der Waals surface area contributed by atoms with Gasteiger partial charge in [0.2, 0.25) is 5.88 Å². The second-order valence-corrected chi connectivity index (χ2v) is 8.96. The molecule has 1 aliphatic heterocycles. The third-order valence-electron chi connectivity index (χ3n) is 6.25. The third kappa shape index (κ3) is 5.42. The number of methoxy groups -OCH3 is 1. The van der Waals surface area contributed by atoms with Crippen LogP contribution < -0.4 is 9.64 Å². The molecule has 0 spiro atoms. The van der Waals surface area contributed by atoms with Gasteiger partial charge in [-0.2, -0.15) is 0 Å². The van der Waals surface area contributed by atoms with Crippen LogP contribution in [-0.2, 0) is 6.54 Å². The lowest BCUT2D eigenvalue weighted by Crippen LogP contribution is -2.37. The van der Waals surface area contributed by atoms with Crippen molar-refractivity contribution in [2.24, 2.45) is 0 Å². The highest BCUT2D eigenvalue weighted by atomic mass is 16.5. The zero-order valence-electron chi connectivity index (χ0n) is 20.4. The monoisotopic (exact) mass is 462 g/mol. The average molecular weight is 463 g/mol. The molecule has 7 heteroatoms. The first-order chi connectivity index (χ1) is 16.6. The Kier molecular flexibility index (Phi) is 7.85. The lowest BCUT2D eigenvalue weighted by atomic mass is 10.0. The molecule has 0 bridgehead atoms. The summed E-state index contributed by atoms with van der Waals surface area (Å²) in [7, 11) is 5.62. The Balaban J connectivity index is 1.73. The SMILES string of the molecule is COc1ccccc1C(=O)N(CCN(C)C)Cc1c(-c2ccccc2)noc1N1CCCCC1. The van der Waals surface area contributed by atoms with Gasteiger partial charge in [-0.1, -0.05) is 47.6 Å². The van der Waals surface area contributed by atoms with Crippen LogP contribution in [0.4, 0.5) is 5.88 Å². The van der Waals surface area contributed by atoms with Crippen molar-refractivity contribution in [3.8, 4) is 17.0 Å². The van der Waals surface area contributed by atoms with Gasteiger partial charge in [-0.15, -0.1) is 0 Å². The van der Waals surface area contributed by atoms with Crippen molar-refractivity contribution in [2.75, 3.05) is 52.3 Å². The van der Waals surface area contributed by atoms with Crippen LogP contribution >= 0.6 is 0 Å². The van der Waals surface area contributed by atoms with Crippen molar-refractivity contribution in [3.05, 3.63) is 65.7 Å². The van der Waals surface area contributed by atoms with E-state index in [1.165, 1.54) is 6.42 Å². The van der Waals surface area contributed by atoms with E-state index in [-0.39, 0.29) is 5.91 Å². The molecule has 1 amide bonds. The molecule has 7 nitrogen and oxygen atoms in total. The highest BCUT2D eigenvalue weighted by Crippen LogP contribution is 2.34. The minimum absolute atomic E-state index is 0.0656. The number of benzene rings is 2. The molecule has 3 aromatic rings. The number of carbonyl (C=O) groups excluding carboxylic acids is 1. The summed E-state index contributed by atoms with van der Waals surface area (Å²) in [5.74, 6) is 1.29. The summed E-state index contributed by atoms with van der Waals surface area (Å²) in [4.78, 5) is 20.0. The molecule has 0 radical (unpaired) electrons. The number of hydrogen-bond acceptors (Lipinski definition) is 6. The van der Waals surface area contributed by atoms with Crippen LogP contribution in [0.3, 0.4) is 0 Å². The van der Waals surface area contributed by atoms with Crippen LogP contribution in [0.25, 0.3) is 11.3 Å². The number of piperidine rings is 1. The second kappa shape index (κ2) is 11.2. The normalized spacial score (nSPS) is 13.8. The number of amides is 1. The Morgan fingerprint density at radius 1 is 1.00 bits per heavy atom. The highest BCUT2D eigenvalue weighted by molar-refractivity contribution is 5.97. The predicted octanol–water partition coefficient (Wildman–Crippen LogP) is 4.54. The van der Waals surface area contributed by atoms with Gasteiger partial charge < -0.3 is 24.0 Å². The smallest absolute Gasteiger partial charge is 0.257 e. The lowest BCUT2D eigenvalue weighted by Gasteiger charge is -2.29. The average Bonchev–Trinajstić information content (AvgIpc) is 3.30. The van der Waals surface area contributed by atoms with Crippen LogP contribution in [0, 0.1) is 0 Å². The van der Waals surface area contributed by atoms with Gasteiger partial charge in [0, 0.05) is 31.7 Å². The number of ether oxygens (including phenoxy) is 1. The molecule has 0 atom stereocenters. The summed E-state index contributed by atoms with van der Waals surface area (Å²) >= 11 is 0. The summed E-state index contributed by atoms with van der Waals surface area (Å²) in [6.45, 7) is 3.60. The molecule has 34 heavy (non-hydrogen) atoms. The van der Waals surface area contributed by atoms with Crippen LogP contribution in [0.2, 0.25) is 0 Å². The first kappa shape index (κ1) is 23.8. The van der Waals surface area contributed by atoms with Crippen LogP contribution in [0.5, 0.6) is 5.75 Å². The molecule has 1 fully saturated rings. The zero-order valence-corrected chi connectivity index (χ0v) is 20.4. The number of anilines is 1. The number of carbonyl (C=O) groups is 1. The molecule has 1 aliphatic rings. The largest absolute Gasteiger partial charge is 0.496 e. The van der Waals surface area contributed by atoms with Crippen molar-refractivity contribution in [1.82, 2.24) is 15.0 Å². The van der Waals surface area contributed by atoms with E-state index in [0.29, 0.717) is 24.4 Å². The van der Waals surface area contributed by atoms with E-state index in [4.69, 9.17) is 9.26 Å². The maximum Gasteiger partial charge on any atom is 0.257 e. The molecule has 0 unspecified atom stereocenters. The minimum atomic E-state index is -0.0656. The molecule has 0 aliphatic carbocycles. The molecule has 2 aromatic carbocycles. The Morgan fingerprint density at radius 2 is 1.71 bits per heavy atom. The minimum Gasteiger partial charge on any atom is -0.496 e. The van der Waals surface area contributed by atoms with Gasteiger partial charge in [-0.3, -0.25) is 4.79 Å². The number of nitrogens with zero attached hydrogens (tertiary/aromatic N) is 4. The Morgan fingerprint density at radius 3 is 2.41 bits per heavy atom. The van der Waals surface area contributed by atoms with Crippen molar-refractivity contribution in [3.63, 3.8) is 0 Å². The van der Waals surface area contributed by atoms with Crippen molar-refractivity contribution >= 4 is 11.8 Å². The fraction of sp³-hybridized carbons (Fsp3) is 0.407. The van der Waals surface area contributed by atoms with E-state index in [2.05, 4.69) is 15.0 Å². The fourth-order valence-corrected chi connectivity index (χ4v) is 4.37. The maximum atomic E-state index is 13.8. The van der Waals surface area contributed by atoms with E-state index in [1.807, 2.05) is 73.6 Å². The highest BCUT2D eigenvalue weighted by Gasteiger charge is 2.28. The number of hydrogen-bond donors (Lipinski definition) is 0. The van der Waals surface area contributed by atoms with Gasteiger partial charge in [-0.25, -0.2) is 0 Å². The van der Waals surface area contributed by atoms with Gasteiger partial charge in [0.25, 0.3) is 5.91 Å². The first-order valence-electron chi connectivity index (χ1n) is 11.9. The van der Waals surface area contributed by atoms with E-state index in [1.54, 1.807) is 7.11 Å². The fourth-order valence-electron chi connectivity index (χ4n) is 4.37. The number of rotatable bonds is 9. The molecule has 1 saturated heterocycles. The van der Waals surface area contributed by atoms with E-state index in [9.17, 15) is 4.79 Å². The molecule has 0 N–H and O–H groups in total. The summed E-state index contributed by atoms with van der Waals surface area (Å²) in [5, 5.41) is 4.49. The molecule has 1 aromatic heterocycles. The molecule has 4 rings (SSSR count). The van der Waals surface area contributed by atoms with Gasteiger partial charge in [0.15, 0.2) is 0 Å². The van der Waals surface area contributed by atoms with Gasteiger partial charge >= 0.3 is 0 Å². The predicted molar refractivity (Wildman–Crippen MR) is 134 cm³/mol. The van der Waals surface area contributed by atoms with E-state index >= 15 is 0 Å². The molecule has 2 heterocycles. The first-order valence-corrected chi connectivity index (χ1v) is 11.9. The summed E-state index contributed by atoms with van der Waals surface area (Å²) < 4.78 is 11.4. The van der Waals surface area contributed by atoms with Crippen molar-refractivity contribution in [2.45, 2.75) is 25.8 Å². The van der Waals surface area contributed by atoms with Crippen molar-refractivity contribution < 1.29 is 14.1 Å². The second-order valence-electron chi connectivity index (χ2n) is 8.96. The third-order valence-corrected chi connectivity index (χ3v) is 6.25. The Hall–Kier alpha value is -3.32. The topological polar surface area (TPSA) is 62.1 Å². The lowest BCUT2D eigenvalue weighted by molar-refractivity contribution is 0.0729. The quantitative estimate of drug-likeness (QED) is 0.465. The zero-order chi connectivity index (χ0) is 23.9. The number of likely N-dealkylation sites (N-methyl/N-ethyl adjacent to an activating group) is 1.